The van der Waals surface area contributed by atoms with Gasteiger partial charge in [-0.2, -0.15) is 5.10 Å². The van der Waals surface area contributed by atoms with E-state index in [1.165, 1.54) is 4.68 Å². The highest BCUT2D eigenvalue weighted by Crippen LogP contribution is 2.22. The lowest BCUT2D eigenvalue weighted by Crippen LogP contribution is -2.27. The minimum absolute atomic E-state index is 0.0180. The van der Waals surface area contributed by atoms with Crippen molar-refractivity contribution < 1.29 is 9.53 Å². The minimum Gasteiger partial charge on any atom is -0.496 e. The van der Waals surface area contributed by atoms with Crippen LogP contribution >= 0.6 is 0 Å². The standard InChI is InChI=1S/C23H27N5O3/c1-31-20-7-3-2-6-19(20)15-25-22(29)13-17-8-9-21-26-28(23(30)27(21)12-10-17)16-18-5-4-11-24-14-18/h2-7,11,14,17H,8-10,12-13,15-16H2,1H3,(H,25,29). The van der Waals surface area contributed by atoms with Crippen molar-refractivity contribution in [2.24, 2.45) is 5.92 Å². The Labute approximate surface area is 180 Å². The molecule has 0 saturated heterocycles. The molecule has 31 heavy (non-hydrogen) atoms. The molecule has 0 saturated carbocycles. The van der Waals surface area contributed by atoms with E-state index >= 15 is 0 Å². The Morgan fingerprint density at radius 3 is 2.90 bits per heavy atom. The highest BCUT2D eigenvalue weighted by Gasteiger charge is 2.22. The maximum Gasteiger partial charge on any atom is 0.346 e. The fourth-order valence-electron chi connectivity index (χ4n) is 4.03. The zero-order valence-electron chi connectivity index (χ0n) is 17.7. The van der Waals surface area contributed by atoms with Crippen LogP contribution in [0.2, 0.25) is 0 Å². The number of benzene rings is 1. The van der Waals surface area contributed by atoms with Crippen LogP contribution in [0.1, 0.15) is 36.2 Å². The topological polar surface area (TPSA) is 91.0 Å². The smallest absolute Gasteiger partial charge is 0.346 e. The fraction of sp³-hybridized carbons (Fsp3) is 0.391. The number of nitrogens with one attached hydrogen (secondary N) is 1. The molecular formula is C23H27N5O3. The van der Waals surface area contributed by atoms with E-state index in [1.807, 2.05) is 36.4 Å². The largest absolute Gasteiger partial charge is 0.496 e. The third kappa shape index (κ3) is 5.02. The van der Waals surface area contributed by atoms with E-state index in [2.05, 4.69) is 15.4 Å². The number of rotatable bonds is 7. The second kappa shape index (κ2) is 9.59. The number of pyridine rings is 1. The van der Waals surface area contributed by atoms with Crippen LogP contribution in [0.15, 0.2) is 53.6 Å². The van der Waals surface area contributed by atoms with Crippen molar-refractivity contribution >= 4 is 5.91 Å². The SMILES string of the molecule is COc1ccccc1CNC(=O)CC1CCc2nn(Cc3cccnc3)c(=O)n2CC1. The molecule has 0 fully saturated rings. The molecule has 0 radical (unpaired) electrons. The first-order valence-corrected chi connectivity index (χ1v) is 10.6. The van der Waals surface area contributed by atoms with Gasteiger partial charge < -0.3 is 10.1 Å². The van der Waals surface area contributed by atoms with Crippen LogP contribution in [0.3, 0.4) is 0 Å². The first kappa shape index (κ1) is 20.8. The number of nitrogens with zero attached hydrogens (tertiary/aromatic N) is 4. The Morgan fingerprint density at radius 1 is 1.23 bits per heavy atom. The summed E-state index contributed by atoms with van der Waals surface area (Å²) >= 11 is 0. The van der Waals surface area contributed by atoms with Crippen molar-refractivity contribution in [3.05, 3.63) is 76.2 Å². The summed E-state index contributed by atoms with van der Waals surface area (Å²) < 4.78 is 8.59. The Bertz CT molecular complexity index is 1090. The monoisotopic (exact) mass is 421 g/mol. The number of hydrogen-bond acceptors (Lipinski definition) is 5. The van der Waals surface area contributed by atoms with Crippen molar-refractivity contribution in [1.82, 2.24) is 24.6 Å². The van der Waals surface area contributed by atoms with Crippen LogP contribution in [-0.2, 0) is 30.8 Å². The molecule has 0 aliphatic carbocycles. The van der Waals surface area contributed by atoms with Crippen LogP contribution < -0.4 is 15.7 Å². The number of aromatic nitrogens is 4. The average Bonchev–Trinajstić information content (AvgIpc) is 2.95. The van der Waals surface area contributed by atoms with Crippen molar-refractivity contribution in [1.29, 1.82) is 0 Å². The van der Waals surface area contributed by atoms with Crippen LogP contribution in [-0.4, -0.2) is 32.3 Å². The molecule has 1 atom stereocenters. The third-order valence-electron chi connectivity index (χ3n) is 5.73. The lowest BCUT2D eigenvalue weighted by atomic mass is 9.96. The molecule has 8 heteroatoms. The van der Waals surface area contributed by atoms with Gasteiger partial charge in [-0.05, 0) is 36.5 Å². The van der Waals surface area contributed by atoms with E-state index in [1.54, 1.807) is 24.1 Å². The van der Waals surface area contributed by atoms with Gasteiger partial charge in [0.2, 0.25) is 5.91 Å². The average molecular weight is 422 g/mol. The van der Waals surface area contributed by atoms with E-state index in [0.717, 1.165) is 35.5 Å². The molecule has 1 aliphatic heterocycles. The molecule has 0 bridgehead atoms. The molecule has 3 heterocycles. The van der Waals surface area contributed by atoms with E-state index in [0.29, 0.717) is 32.5 Å². The summed E-state index contributed by atoms with van der Waals surface area (Å²) in [5.74, 6) is 1.81. The lowest BCUT2D eigenvalue weighted by molar-refractivity contribution is -0.122. The number of amides is 1. The molecule has 3 aromatic rings. The van der Waals surface area contributed by atoms with Gasteiger partial charge in [0.15, 0.2) is 0 Å². The number of aryl methyl sites for hydroxylation is 1. The summed E-state index contributed by atoms with van der Waals surface area (Å²) in [5.41, 5.74) is 1.80. The Kier molecular flexibility index (Phi) is 6.45. The summed E-state index contributed by atoms with van der Waals surface area (Å²) in [5, 5.41) is 7.53. The molecular weight excluding hydrogens is 394 g/mol. The van der Waals surface area contributed by atoms with Gasteiger partial charge in [-0.1, -0.05) is 24.3 Å². The van der Waals surface area contributed by atoms with Gasteiger partial charge in [0.1, 0.15) is 11.6 Å². The van der Waals surface area contributed by atoms with Crippen molar-refractivity contribution in [2.75, 3.05) is 7.11 Å². The predicted octanol–water partition coefficient (Wildman–Crippen LogP) is 2.16. The Balaban J connectivity index is 1.32. The molecule has 1 aromatic carbocycles. The van der Waals surface area contributed by atoms with Crippen LogP contribution in [0.25, 0.3) is 0 Å². The predicted molar refractivity (Wildman–Crippen MR) is 116 cm³/mol. The molecule has 1 amide bonds. The van der Waals surface area contributed by atoms with Crippen molar-refractivity contribution in [3.63, 3.8) is 0 Å². The zero-order chi connectivity index (χ0) is 21.6. The molecule has 4 rings (SSSR count). The summed E-state index contributed by atoms with van der Waals surface area (Å²) in [6, 6.07) is 11.5. The highest BCUT2D eigenvalue weighted by atomic mass is 16.5. The number of carbonyl (C=O) groups excluding carboxylic acids is 1. The molecule has 1 aliphatic rings. The summed E-state index contributed by atoms with van der Waals surface area (Å²) in [6.45, 7) is 1.45. The lowest BCUT2D eigenvalue weighted by Gasteiger charge is -2.14. The van der Waals surface area contributed by atoms with E-state index < -0.39 is 0 Å². The second-order valence-corrected chi connectivity index (χ2v) is 7.86. The quantitative estimate of drug-likeness (QED) is 0.631. The normalized spacial score (nSPS) is 15.7. The van der Waals surface area contributed by atoms with Crippen LogP contribution in [0.4, 0.5) is 0 Å². The number of ether oxygens (including phenoxy) is 1. The van der Waals surface area contributed by atoms with Crippen molar-refractivity contribution in [2.45, 2.75) is 45.3 Å². The second-order valence-electron chi connectivity index (χ2n) is 7.86. The number of para-hydroxylation sites is 1. The minimum atomic E-state index is -0.0971. The Morgan fingerprint density at radius 2 is 2.10 bits per heavy atom. The van der Waals surface area contributed by atoms with Gasteiger partial charge in [0, 0.05) is 43.9 Å². The van der Waals surface area contributed by atoms with Crippen molar-refractivity contribution in [3.8, 4) is 5.75 Å². The zero-order valence-corrected chi connectivity index (χ0v) is 17.7. The molecule has 1 N–H and O–H groups in total. The maximum absolute atomic E-state index is 12.8. The first-order chi connectivity index (χ1) is 15.1. The summed E-state index contributed by atoms with van der Waals surface area (Å²) in [6.07, 6.45) is 6.22. The highest BCUT2D eigenvalue weighted by molar-refractivity contribution is 5.76. The van der Waals surface area contributed by atoms with E-state index in [4.69, 9.17) is 4.74 Å². The first-order valence-electron chi connectivity index (χ1n) is 10.6. The number of hydrogen-bond donors (Lipinski definition) is 1. The molecule has 162 valence electrons. The molecule has 1 unspecified atom stereocenters. The van der Waals surface area contributed by atoms with Gasteiger partial charge in [0.25, 0.3) is 0 Å². The van der Waals surface area contributed by atoms with Crippen LogP contribution in [0.5, 0.6) is 5.75 Å². The summed E-state index contributed by atoms with van der Waals surface area (Å²) in [7, 11) is 1.63. The van der Waals surface area contributed by atoms with E-state index in [-0.39, 0.29) is 17.5 Å². The molecule has 0 spiro atoms. The number of carbonyl (C=O) groups is 1. The van der Waals surface area contributed by atoms with Gasteiger partial charge in [0.05, 0.1) is 13.7 Å². The van der Waals surface area contributed by atoms with Gasteiger partial charge in [-0.25, -0.2) is 9.48 Å². The van der Waals surface area contributed by atoms with Crippen LogP contribution in [0, 0.1) is 5.92 Å². The number of fused-ring (bicyclic) bond motifs is 1. The van der Waals surface area contributed by atoms with Gasteiger partial charge >= 0.3 is 5.69 Å². The summed E-state index contributed by atoms with van der Waals surface area (Å²) in [4.78, 5) is 29.4. The Hall–Kier alpha value is -3.42. The molecule has 8 nitrogen and oxygen atoms in total. The van der Waals surface area contributed by atoms with Gasteiger partial charge in [-0.15, -0.1) is 0 Å². The van der Waals surface area contributed by atoms with Gasteiger partial charge in [-0.3, -0.25) is 14.3 Å². The molecule has 2 aromatic heterocycles. The number of methoxy groups -OCH3 is 1. The van der Waals surface area contributed by atoms with E-state index in [9.17, 15) is 9.59 Å². The fourth-order valence-corrected chi connectivity index (χ4v) is 4.03. The maximum atomic E-state index is 12.8. The third-order valence-corrected chi connectivity index (χ3v) is 5.73.